The summed E-state index contributed by atoms with van der Waals surface area (Å²) in [6.07, 6.45) is 1.79. The van der Waals surface area contributed by atoms with Crippen molar-refractivity contribution in [1.29, 1.82) is 0 Å². The van der Waals surface area contributed by atoms with Crippen molar-refractivity contribution in [2.75, 3.05) is 6.54 Å². The molecule has 0 aliphatic heterocycles. The first-order valence-corrected chi connectivity index (χ1v) is 6.88. The predicted molar refractivity (Wildman–Crippen MR) is 74.7 cm³/mol. The Kier molecular flexibility index (Phi) is 3.13. The lowest BCUT2D eigenvalue weighted by Crippen LogP contribution is -2.11. The SMILES string of the molecule is CCNCc1csc(-c2coc3ccccc23)n1. The second-order valence-corrected chi connectivity index (χ2v) is 4.93. The lowest BCUT2D eigenvalue weighted by atomic mass is 10.2. The third-order valence-corrected chi connectivity index (χ3v) is 3.74. The predicted octanol–water partition coefficient (Wildman–Crippen LogP) is 3.67. The zero-order valence-electron chi connectivity index (χ0n) is 10.1. The molecule has 0 fully saturated rings. The van der Waals surface area contributed by atoms with Gasteiger partial charge >= 0.3 is 0 Å². The van der Waals surface area contributed by atoms with Crippen LogP contribution < -0.4 is 5.32 Å². The Balaban J connectivity index is 1.96. The van der Waals surface area contributed by atoms with Crippen LogP contribution in [0, 0.1) is 0 Å². The molecule has 0 amide bonds. The smallest absolute Gasteiger partial charge is 0.134 e. The molecule has 4 heteroatoms. The fourth-order valence-corrected chi connectivity index (χ4v) is 2.75. The van der Waals surface area contributed by atoms with Gasteiger partial charge in [-0.2, -0.15) is 0 Å². The molecule has 1 N–H and O–H groups in total. The van der Waals surface area contributed by atoms with Crippen LogP contribution in [0.5, 0.6) is 0 Å². The van der Waals surface area contributed by atoms with E-state index in [4.69, 9.17) is 4.42 Å². The molecular weight excluding hydrogens is 244 g/mol. The number of thiazole rings is 1. The molecule has 0 saturated carbocycles. The Labute approximate surface area is 109 Å². The van der Waals surface area contributed by atoms with Gasteiger partial charge in [0.25, 0.3) is 0 Å². The van der Waals surface area contributed by atoms with Gasteiger partial charge in [0.1, 0.15) is 16.9 Å². The van der Waals surface area contributed by atoms with Gasteiger partial charge in [0.05, 0.1) is 11.3 Å². The van der Waals surface area contributed by atoms with Crippen molar-refractivity contribution < 1.29 is 4.42 Å². The second-order valence-electron chi connectivity index (χ2n) is 4.07. The number of hydrogen-bond acceptors (Lipinski definition) is 4. The summed E-state index contributed by atoms with van der Waals surface area (Å²) in [5, 5.41) is 7.53. The van der Waals surface area contributed by atoms with Crippen molar-refractivity contribution in [3.8, 4) is 10.6 Å². The first-order chi connectivity index (χ1) is 8.88. The summed E-state index contributed by atoms with van der Waals surface area (Å²) in [6, 6.07) is 8.05. The molecule has 0 spiro atoms. The maximum Gasteiger partial charge on any atom is 0.134 e. The van der Waals surface area contributed by atoms with Crippen LogP contribution in [0.2, 0.25) is 0 Å². The normalized spacial score (nSPS) is 11.2. The summed E-state index contributed by atoms with van der Waals surface area (Å²) in [6.45, 7) is 3.88. The molecule has 18 heavy (non-hydrogen) atoms. The molecule has 92 valence electrons. The maximum atomic E-state index is 5.54. The molecule has 0 atom stereocenters. The minimum atomic E-state index is 0.822. The van der Waals surface area contributed by atoms with Gasteiger partial charge in [-0.1, -0.05) is 25.1 Å². The third-order valence-electron chi connectivity index (χ3n) is 2.82. The molecule has 3 rings (SSSR count). The summed E-state index contributed by atoms with van der Waals surface area (Å²) < 4.78 is 5.54. The third kappa shape index (κ3) is 2.05. The fourth-order valence-electron chi connectivity index (χ4n) is 1.91. The van der Waals surface area contributed by atoms with E-state index in [1.165, 1.54) is 0 Å². The molecule has 2 heterocycles. The molecule has 3 aromatic rings. The molecule has 0 aliphatic rings. The van der Waals surface area contributed by atoms with Gasteiger partial charge in [-0.3, -0.25) is 0 Å². The number of aromatic nitrogens is 1. The summed E-state index contributed by atoms with van der Waals surface area (Å²) in [5.41, 5.74) is 3.08. The average Bonchev–Trinajstić information content (AvgIpc) is 3.02. The van der Waals surface area contributed by atoms with E-state index < -0.39 is 0 Å². The van der Waals surface area contributed by atoms with E-state index in [1.54, 1.807) is 17.6 Å². The number of nitrogens with zero attached hydrogens (tertiary/aromatic N) is 1. The largest absolute Gasteiger partial charge is 0.464 e. The van der Waals surface area contributed by atoms with E-state index in [2.05, 4.69) is 28.7 Å². The quantitative estimate of drug-likeness (QED) is 0.776. The summed E-state index contributed by atoms with van der Waals surface area (Å²) in [4.78, 5) is 4.64. The standard InChI is InChI=1S/C14H14N2OS/c1-2-15-7-10-9-18-14(16-10)12-8-17-13-6-4-3-5-11(12)13/h3-6,8-9,15H,2,7H2,1H3. The average molecular weight is 258 g/mol. The Morgan fingerprint density at radius 3 is 3.11 bits per heavy atom. The van der Waals surface area contributed by atoms with E-state index in [0.29, 0.717) is 0 Å². The van der Waals surface area contributed by atoms with Gasteiger partial charge in [0, 0.05) is 17.3 Å². The number of fused-ring (bicyclic) bond motifs is 1. The zero-order valence-corrected chi connectivity index (χ0v) is 11.0. The van der Waals surface area contributed by atoms with Gasteiger partial charge in [-0.25, -0.2) is 4.98 Å². The van der Waals surface area contributed by atoms with E-state index in [0.717, 1.165) is 40.3 Å². The Morgan fingerprint density at radius 1 is 1.33 bits per heavy atom. The lowest BCUT2D eigenvalue weighted by Gasteiger charge is -1.95. The number of rotatable bonds is 4. The highest BCUT2D eigenvalue weighted by Gasteiger charge is 2.11. The fraction of sp³-hybridized carbons (Fsp3) is 0.214. The van der Waals surface area contributed by atoms with Crippen LogP contribution in [-0.2, 0) is 6.54 Å². The number of hydrogen-bond donors (Lipinski definition) is 1. The molecule has 0 bridgehead atoms. The van der Waals surface area contributed by atoms with Crippen molar-refractivity contribution in [2.24, 2.45) is 0 Å². The maximum absolute atomic E-state index is 5.54. The summed E-state index contributed by atoms with van der Waals surface area (Å²) in [5.74, 6) is 0. The molecule has 3 nitrogen and oxygen atoms in total. The van der Waals surface area contributed by atoms with E-state index in [-0.39, 0.29) is 0 Å². The molecule has 2 aromatic heterocycles. The lowest BCUT2D eigenvalue weighted by molar-refractivity contribution is 0.617. The van der Waals surface area contributed by atoms with Gasteiger partial charge in [-0.15, -0.1) is 11.3 Å². The van der Waals surface area contributed by atoms with Crippen LogP contribution in [0.1, 0.15) is 12.6 Å². The van der Waals surface area contributed by atoms with E-state index in [9.17, 15) is 0 Å². The van der Waals surface area contributed by atoms with Crippen molar-refractivity contribution in [3.05, 3.63) is 41.6 Å². The van der Waals surface area contributed by atoms with Gasteiger partial charge in [0.15, 0.2) is 0 Å². The molecule has 0 aliphatic carbocycles. The number of benzene rings is 1. The molecule has 0 radical (unpaired) electrons. The zero-order chi connectivity index (χ0) is 12.4. The number of nitrogens with one attached hydrogen (secondary N) is 1. The Morgan fingerprint density at radius 2 is 2.22 bits per heavy atom. The first kappa shape index (κ1) is 11.4. The topological polar surface area (TPSA) is 38.1 Å². The molecule has 1 aromatic carbocycles. The van der Waals surface area contributed by atoms with Crippen LogP contribution in [0.4, 0.5) is 0 Å². The number of para-hydroxylation sites is 1. The van der Waals surface area contributed by atoms with Crippen LogP contribution in [0.25, 0.3) is 21.5 Å². The second kappa shape index (κ2) is 4.92. The summed E-state index contributed by atoms with van der Waals surface area (Å²) in [7, 11) is 0. The highest BCUT2D eigenvalue weighted by Crippen LogP contribution is 2.32. The van der Waals surface area contributed by atoms with E-state index >= 15 is 0 Å². The van der Waals surface area contributed by atoms with Crippen molar-refractivity contribution in [3.63, 3.8) is 0 Å². The van der Waals surface area contributed by atoms with Gasteiger partial charge in [-0.05, 0) is 12.6 Å². The van der Waals surface area contributed by atoms with Gasteiger partial charge < -0.3 is 9.73 Å². The molecule has 0 unspecified atom stereocenters. The van der Waals surface area contributed by atoms with Crippen molar-refractivity contribution in [2.45, 2.75) is 13.5 Å². The minimum absolute atomic E-state index is 0.822. The van der Waals surface area contributed by atoms with Crippen molar-refractivity contribution in [1.82, 2.24) is 10.3 Å². The highest BCUT2D eigenvalue weighted by atomic mass is 32.1. The first-order valence-electron chi connectivity index (χ1n) is 6.00. The monoisotopic (exact) mass is 258 g/mol. The van der Waals surface area contributed by atoms with Crippen LogP contribution in [0.15, 0.2) is 40.3 Å². The van der Waals surface area contributed by atoms with Crippen molar-refractivity contribution >= 4 is 22.3 Å². The molecular formula is C14H14N2OS. The number of furan rings is 1. The molecule has 0 saturated heterocycles. The highest BCUT2D eigenvalue weighted by molar-refractivity contribution is 7.13. The Hall–Kier alpha value is -1.65. The Bertz CT molecular complexity index is 656. The van der Waals surface area contributed by atoms with Crippen LogP contribution in [-0.4, -0.2) is 11.5 Å². The van der Waals surface area contributed by atoms with Gasteiger partial charge in [0.2, 0.25) is 0 Å². The van der Waals surface area contributed by atoms with E-state index in [1.807, 2.05) is 18.2 Å². The summed E-state index contributed by atoms with van der Waals surface area (Å²) >= 11 is 1.66. The van der Waals surface area contributed by atoms with Crippen LogP contribution in [0.3, 0.4) is 0 Å². The minimum Gasteiger partial charge on any atom is -0.464 e. The van der Waals surface area contributed by atoms with Crippen LogP contribution >= 0.6 is 11.3 Å².